The van der Waals surface area contributed by atoms with Crippen LogP contribution in [0, 0.1) is 6.92 Å². The van der Waals surface area contributed by atoms with E-state index in [4.69, 9.17) is 0 Å². The predicted molar refractivity (Wildman–Crippen MR) is 123 cm³/mol. The molecule has 140 valence electrons. The molecule has 6 rings (SSSR count). The lowest BCUT2D eigenvalue weighted by atomic mass is 9.67. The number of aryl methyl sites for hydroxylation is 1. The van der Waals surface area contributed by atoms with Crippen molar-refractivity contribution in [3.63, 3.8) is 0 Å². The van der Waals surface area contributed by atoms with Crippen LogP contribution in [0.4, 0.5) is 0 Å². The summed E-state index contributed by atoms with van der Waals surface area (Å²) in [6.07, 6.45) is 21.8. The van der Waals surface area contributed by atoms with Crippen LogP contribution in [0.1, 0.15) is 47.1 Å². The lowest BCUT2D eigenvalue weighted by Crippen LogP contribution is -2.28. The molecule has 0 heterocycles. The van der Waals surface area contributed by atoms with Gasteiger partial charge < -0.3 is 0 Å². The van der Waals surface area contributed by atoms with Crippen LogP contribution in [0.5, 0.6) is 0 Å². The van der Waals surface area contributed by atoms with E-state index in [0.29, 0.717) is 0 Å². The van der Waals surface area contributed by atoms with Crippen LogP contribution in [0.25, 0.3) is 11.1 Å². The standard InChI is InChI=1S/C29H24/c1-20-17-18-24-23-12-6-4-8-15-26(23)29(28(24)19-20)25-14-7-3-2-5-11-21(25)22-13-9-10-16-27(22)29/h3,5-13,15-19H,2,4,14H2,1H3/b7-3-,11-5?. The molecule has 0 saturated carbocycles. The van der Waals surface area contributed by atoms with E-state index in [1.54, 1.807) is 0 Å². The van der Waals surface area contributed by atoms with Gasteiger partial charge in [-0.25, -0.2) is 0 Å². The first kappa shape index (κ1) is 16.8. The third kappa shape index (κ3) is 2.15. The molecule has 0 nitrogen and oxygen atoms in total. The molecule has 0 fully saturated rings. The van der Waals surface area contributed by atoms with E-state index < -0.39 is 0 Å². The molecule has 4 aliphatic rings. The van der Waals surface area contributed by atoms with E-state index in [-0.39, 0.29) is 5.41 Å². The summed E-state index contributed by atoms with van der Waals surface area (Å²) in [4.78, 5) is 0. The van der Waals surface area contributed by atoms with Gasteiger partial charge >= 0.3 is 0 Å². The summed E-state index contributed by atoms with van der Waals surface area (Å²) < 4.78 is 0. The van der Waals surface area contributed by atoms with Gasteiger partial charge in [0.1, 0.15) is 0 Å². The van der Waals surface area contributed by atoms with Gasteiger partial charge in [0.2, 0.25) is 0 Å². The second-order valence-electron chi connectivity index (χ2n) is 8.42. The van der Waals surface area contributed by atoms with Crippen molar-refractivity contribution in [2.45, 2.75) is 31.6 Å². The van der Waals surface area contributed by atoms with Gasteiger partial charge in [0.25, 0.3) is 0 Å². The van der Waals surface area contributed by atoms with Gasteiger partial charge in [0.05, 0.1) is 5.41 Å². The van der Waals surface area contributed by atoms with Gasteiger partial charge in [-0.05, 0) is 70.7 Å². The quantitative estimate of drug-likeness (QED) is 0.428. The van der Waals surface area contributed by atoms with Gasteiger partial charge in [-0.2, -0.15) is 0 Å². The summed E-state index contributed by atoms with van der Waals surface area (Å²) >= 11 is 0. The van der Waals surface area contributed by atoms with Crippen LogP contribution in [-0.2, 0) is 5.41 Å². The van der Waals surface area contributed by atoms with E-state index >= 15 is 0 Å². The smallest absolute Gasteiger partial charge is 0.0691 e. The van der Waals surface area contributed by atoms with E-state index in [2.05, 4.69) is 98.0 Å². The highest BCUT2D eigenvalue weighted by Gasteiger charge is 2.52. The van der Waals surface area contributed by atoms with Crippen LogP contribution >= 0.6 is 0 Å². The number of allylic oxidation sites excluding steroid dienone is 12. The highest BCUT2D eigenvalue weighted by Crippen LogP contribution is 2.62. The minimum Gasteiger partial charge on any atom is -0.0844 e. The Morgan fingerprint density at radius 2 is 1.45 bits per heavy atom. The van der Waals surface area contributed by atoms with Crippen LogP contribution in [0.3, 0.4) is 0 Å². The molecule has 0 amide bonds. The molecule has 1 atom stereocenters. The molecule has 0 radical (unpaired) electrons. The van der Waals surface area contributed by atoms with Crippen LogP contribution < -0.4 is 0 Å². The molecule has 0 heteroatoms. The second-order valence-corrected chi connectivity index (χ2v) is 8.42. The Kier molecular flexibility index (Phi) is 3.59. The van der Waals surface area contributed by atoms with Gasteiger partial charge in [0, 0.05) is 0 Å². The predicted octanol–water partition coefficient (Wildman–Crippen LogP) is 7.24. The van der Waals surface area contributed by atoms with Crippen molar-refractivity contribution in [2.24, 2.45) is 0 Å². The first-order valence-electron chi connectivity index (χ1n) is 10.7. The number of fused-ring (bicyclic) bond motifs is 8. The van der Waals surface area contributed by atoms with Crippen molar-refractivity contribution < 1.29 is 0 Å². The number of hydrogen-bond donors (Lipinski definition) is 0. The van der Waals surface area contributed by atoms with Crippen molar-refractivity contribution in [3.05, 3.63) is 130 Å². The summed E-state index contributed by atoms with van der Waals surface area (Å²) in [6.45, 7) is 2.22. The summed E-state index contributed by atoms with van der Waals surface area (Å²) in [6, 6.07) is 16.1. The maximum absolute atomic E-state index is 2.44. The molecule has 2 aromatic rings. The molecule has 1 unspecified atom stereocenters. The zero-order valence-electron chi connectivity index (χ0n) is 16.8. The third-order valence-electron chi connectivity index (χ3n) is 6.85. The van der Waals surface area contributed by atoms with E-state index in [1.807, 2.05) is 0 Å². The minimum atomic E-state index is -0.181. The van der Waals surface area contributed by atoms with Gasteiger partial charge in [-0.1, -0.05) is 96.6 Å². The fraction of sp³-hybridized carbons (Fsp3) is 0.172. The Morgan fingerprint density at radius 1 is 0.690 bits per heavy atom. The lowest BCUT2D eigenvalue weighted by molar-refractivity contribution is 0.738. The second kappa shape index (κ2) is 6.19. The Hall–Kier alpha value is -3.12. The maximum atomic E-state index is 2.44. The van der Waals surface area contributed by atoms with E-state index in [1.165, 1.54) is 50.1 Å². The zero-order valence-corrected chi connectivity index (χ0v) is 16.8. The van der Waals surface area contributed by atoms with Crippen molar-refractivity contribution in [1.29, 1.82) is 0 Å². The van der Waals surface area contributed by atoms with Crippen molar-refractivity contribution >= 4 is 11.1 Å². The van der Waals surface area contributed by atoms with Crippen molar-refractivity contribution in [3.8, 4) is 0 Å². The highest BCUT2D eigenvalue weighted by molar-refractivity contribution is 5.99. The molecule has 4 aliphatic carbocycles. The topological polar surface area (TPSA) is 0 Å². The van der Waals surface area contributed by atoms with Gasteiger partial charge in [-0.15, -0.1) is 0 Å². The molecule has 1 spiro atoms. The Morgan fingerprint density at radius 3 is 2.38 bits per heavy atom. The Labute approximate surface area is 173 Å². The molecule has 0 aliphatic heterocycles. The molecular weight excluding hydrogens is 348 g/mol. The van der Waals surface area contributed by atoms with Crippen LogP contribution in [0.2, 0.25) is 0 Å². The summed E-state index contributed by atoms with van der Waals surface area (Å²) in [5, 5.41) is 0. The molecule has 0 aromatic heterocycles. The third-order valence-corrected chi connectivity index (χ3v) is 6.85. The normalized spacial score (nSPS) is 24.7. The van der Waals surface area contributed by atoms with E-state index in [0.717, 1.165) is 19.3 Å². The van der Waals surface area contributed by atoms with Gasteiger partial charge in [0.15, 0.2) is 0 Å². The number of hydrogen-bond acceptors (Lipinski definition) is 0. The average molecular weight is 373 g/mol. The minimum absolute atomic E-state index is 0.181. The van der Waals surface area contributed by atoms with Crippen LogP contribution in [-0.4, -0.2) is 0 Å². The fourth-order valence-corrected chi connectivity index (χ4v) is 5.74. The molecule has 29 heavy (non-hydrogen) atoms. The van der Waals surface area contributed by atoms with Crippen molar-refractivity contribution in [1.82, 2.24) is 0 Å². The molecule has 0 saturated heterocycles. The summed E-state index contributed by atoms with van der Waals surface area (Å²) in [5.74, 6) is 0. The zero-order chi connectivity index (χ0) is 19.4. The first-order chi connectivity index (χ1) is 14.3. The lowest BCUT2D eigenvalue weighted by Gasteiger charge is -2.34. The monoisotopic (exact) mass is 372 g/mol. The molecule has 0 bridgehead atoms. The summed E-state index contributed by atoms with van der Waals surface area (Å²) in [5.41, 5.74) is 12.6. The molecule has 2 aromatic carbocycles. The number of benzene rings is 2. The number of rotatable bonds is 0. The fourth-order valence-electron chi connectivity index (χ4n) is 5.74. The van der Waals surface area contributed by atoms with Crippen LogP contribution in [0.15, 0.2) is 102 Å². The van der Waals surface area contributed by atoms with Crippen molar-refractivity contribution in [2.75, 3.05) is 0 Å². The maximum Gasteiger partial charge on any atom is 0.0691 e. The highest BCUT2D eigenvalue weighted by atomic mass is 14.5. The van der Waals surface area contributed by atoms with E-state index in [9.17, 15) is 0 Å². The summed E-state index contributed by atoms with van der Waals surface area (Å²) in [7, 11) is 0. The largest absolute Gasteiger partial charge is 0.0844 e. The molecular formula is C29H24. The molecule has 0 N–H and O–H groups in total. The SMILES string of the molecule is Cc1ccc2c(c1)C1(C3=C2C=CCC=C3)C2=C(C=CC/C=C\C2)c2ccccc21. The van der Waals surface area contributed by atoms with Gasteiger partial charge in [-0.3, -0.25) is 0 Å². The Bertz CT molecular complexity index is 1220. The Balaban J connectivity index is 1.80. The first-order valence-corrected chi connectivity index (χ1v) is 10.7. The average Bonchev–Trinajstić information content (AvgIpc) is 2.97.